The molecule has 1 saturated heterocycles. The summed E-state index contributed by atoms with van der Waals surface area (Å²) in [5.41, 5.74) is 2.00. The molecule has 0 saturated carbocycles. The van der Waals surface area contributed by atoms with Gasteiger partial charge < -0.3 is 9.84 Å². The van der Waals surface area contributed by atoms with E-state index in [4.69, 9.17) is 4.74 Å². The first kappa shape index (κ1) is 23.7. The number of aliphatic hydroxyl groups excluding tert-OH is 1. The molecule has 1 N–H and O–H groups in total. The molecular formula is C28H23FN2O4S. The second kappa shape index (κ2) is 9.54. The standard InChI is InChI=1S/C28H23FN2O4S/c1-3-16-9-14-21-22(15-16)36-28(30-21)31-24(19-7-5-6-8-20(19)29)23(26(33)27(31)34)25(32)17-10-12-18(13-11-17)35-4-2/h5-15,24,32H,3-4H2,1-2H3/b25-23+/t24-/m0/s1. The van der Waals surface area contributed by atoms with Crippen molar-refractivity contribution >= 4 is 44.1 Å². The number of rotatable bonds is 6. The lowest BCUT2D eigenvalue weighted by Crippen LogP contribution is -2.29. The van der Waals surface area contributed by atoms with Crippen molar-refractivity contribution < 1.29 is 23.8 Å². The third-order valence-corrected chi connectivity index (χ3v) is 7.16. The largest absolute Gasteiger partial charge is 0.507 e. The zero-order valence-electron chi connectivity index (χ0n) is 19.7. The number of fused-ring (bicyclic) bond motifs is 1. The highest BCUT2D eigenvalue weighted by Crippen LogP contribution is 2.45. The Labute approximate surface area is 211 Å². The van der Waals surface area contributed by atoms with E-state index in [1.807, 2.05) is 32.0 Å². The molecule has 4 aromatic rings. The quantitative estimate of drug-likeness (QED) is 0.198. The van der Waals surface area contributed by atoms with Gasteiger partial charge in [0, 0.05) is 11.1 Å². The van der Waals surface area contributed by atoms with Crippen LogP contribution in [0.2, 0.25) is 0 Å². The lowest BCUT2D eigenvalue weighted by Gasteiger charge is -2.23. The van der Waals surface area contributed by atoms with E-state index in [2.05, 4.69) is 4.98 Å². The molecule has 0 aliphatic carbocycles. The summed E-state index contributed by atoms with van der Waals surface area (Å²) < 4.78 is 21.4. The zero-order chi connectivity index (χ0) is 25.4. The first-order chi connectivity index (χ1) is 17.4. The van der Waals surface area contributed by atoms with Crippen LogP contribution < -0.4 is 9.64 Å². The van der Waals surface area contributed by atoms with Crippen LogP contribution in [-0.4, -0.2) is 28.4 Å². The van der Waals surface area contributed by atoms with Crippen molar-refractivity contribution in [2.75, 3.05) is 11.5 Å². The Balaban J connectivity index is 1.69. The fourth-order valence-corrected chi connectivity index (χ4v) is 5.39. The highest BCUT2D eigenvalue weighted by Gasteiger charge is 2.49. The van der Waals surface area contributed by atoms with Gasteiger partial charge in [-0.3, -0.25) is 14.5 Å². The summed E-state index contributed by atoms with van der Waals surface area (Å²) in [5.74, 6) is -2.15. The summed E-state index contributed by atoms with van der Waals surface area (Å²) in [6.07, 6.45) is 0.838. The molecule has 1 aliphatic rings. The van der Waals surface area contributed by atoms with Gasteiger partial charge in [0.25, 0.3) is 5.78 Å². The number of Topliss-reactive ketones (excluding diaryl/α,β-unsaturated/α-hetero) is 1. The number of amides is 1. The summed E-state index contributed by atoms with van der Waals surface area (Å²) in [4.78, 5) is 32.4. The van der Waals surface area contributed by atoms with Gasteiger partial charge in [0.1, 0.15) is 23.4 Å². The van der Waals surface area contributed by atoms with Gasteiger partial charge >= 0.3 is 5.91 Å². The zero-order valence-corrected chi connectivity index (χ0v) is 20.5. The Hall–Kier alpha value is -4.04. The van der Waals surface area contributed by atoms with Crippen molar-refractivity contribution in [1.29, 1.82) is 0 Å². The Morgan fingerprint density at radius 3 is 2.53 bits per heavy atom. The summed E-state index contributed by atoms with van der Waals surface area (Å²) in [6.45, 7) is 4.38. The Kier molecular flexibility index (Phi) is 6.28. The van der Waals surface area contributed by atoms with Gasteiger partial charge in [-0.1, -0.05) is 42.5 Å². The molecule has 5 rings (SSSR count). The molecular weight excluding hydrogens is 479 g/mol. The number of carbonyl (C=O) groups is 2. The number of anilines is 1. The first-order valence-corrected chi connectivity index (χ1v) is 12.4. The van der Waals surface area contributed by atoms with E-state index in [-0.39, 0.29) is 22.0 Å². The van der Waals surface area contributed by atoms with Crippen LogP contribution in [0.15, 0.2) is 72.3 Å². The Bertz CT molecular complexity index is 1510. The molecule has 1 amide bonds. The lowest BCUT2D eigenvalue weighted by atomic mass is 9.95. The van der Waals surface area contributed by atoms with Gasteiger partial charge in [0.05, 0.1) is 22.4 Å². The molecule has 0 radical (unpaired) electrons. The number of carbonyl (C=O) groups excluding carboxylic acids is 2. The highest BCUT2D eigenvalue weighted by molar-refractivity contribution is 7.22. The number of aromatic nitrogens is 1. The normalized spacial score (nSPS) is 17.2. The van der Waals surface area contributed by atoms with Crippen LogP contribution in [0.4, 0.5) is 9.52 Å². The molecule has 36 heavy (non-hydrogen) atoms. The van der Waals surface area contributed by atoms with Crippen molar-refractivity contribution in [1.82, 2.24) is 4.98 Å². The second-order valence-electron chi connectivity index (χ2n) is 8.30. The number of hydrogen-bond acceptors (Lipinski definition) is 6. The van der Waals surface area contributed by atoms with Crippen LogP contribution in [0.1, 0.15) is 36.6 Å². The lowest BCUT2D eigenvalue weighted by molar-refractivity contribution is -0.132. The third-order valence-electron chi connectivity index (χ3n) is 6.14. The minimum atomic E-state index is -1.18. The predicted octanol–water partition coefficient (Wildman–Crippen LogP) is 6.02. The van der Waals surface area contributed by atoms with Crippen LogP contribution in [0.3, 0.4) is 0 Å². The Morgan fingerprint density at radius 2 is 1.83 bits per heavy atom. The van der Waals surface area contributed by atoms with Crippen molar-refractivity contribution in [2.45, 2.75) is 26.3 Å². The number of halogens is 1. The second-order valence-corrected chi connectivity index (χ2v) is 9.31. The predicted molar refractivity (Wildman–Crippen MR) is 138 cm³/mol. The maximum absolute atomic E-state index is 15.1. The van der Waals surface area contributed by atoms with Crippen molar-refractivity contribution in [3.8, 4) is 5.75 Å². The van der Waals surface area contributed by atoms with Crippen LogP contribution >= 0.6 is 11.3 Å². The monoisotopic (exact) mass is 502 g/mol. The molecule has 1 aromatic heterocycles. The molecule has 1 atom stereocenters. The van der Waals surface area contributed by atoms with E-state index in [9.17, 15) is 14.7 Å². The molecule has 6 nitrogen and oxygen atoms in total. The summed E-state index contributed by atoms with van der Waals surface area (Å²) in [7, 11) is 0. The highest BCUT2D eigenvalue weighted by atomic mass is 32.1. The Morgan fingerprint density at radius 1 is 1.08 bits per heavy atom. The summed E-state index contributed by atoms with van der Waals surface area (Å²) >= 11 is 1.25. The average molecular weight is 503 g/mol. The van der Waals surface area contributed by atoms with Crippen LogP contribution in [0, 0.1) is 5.82 Å². The van der Waals surface area contributed by atoms with E-state index >= 15 is 4.39 Å². The van der Waals surface area contributed by atoms with E-state index in [1.165, 1.54) is 34.4 Å². The van der Waals surface area contributed by atoms with Gasteiger partial charge in [-0.15, -0.1) is 0 Å². The minimum Gasteiger partial charge on any atom is -0.507 e. The van der Waals surface area contributed by atoms with Crippen LogP contribution in [-0.2, 0) is 16.0 Å². The van der Waals surface area contributed by atoms with Gasteiger partial charge in [0.2, 0.25) is 0 Å². The molecule has 0 bridgehead atoms. The topological polar surface area (TPSA) is 79.7 Å². The molecule has 1 fully saturated rings. The van der Waals surface area contributed by atoms with E-state index in [1.54, 1.807) is 30.3 Å². The number of aryl methyl sites for hydroxylation is 1. The van der Waals surface area contributed by atoms with Crippen molar-refractivity contribution in [3.63, 3.8) is 0 Å². The summed E-state index contributed by atoms with van der Waals surface area (Å²) in [5, 5.41) is 11.5. The number of hydrogen-bond donors (Lipinski definition) is 1. The molecule has 0 spiro atoms. The number of thiazole rings is 1. The van der Waals surface area contributed by atoms with Crippen molar-refractivity contribution in [3.05, 3.63) is 94.8 Å². The number of ether oxygens (including phenoxy) is 1. The molecule has 1 aliphatic heterocycles. The van der Waals surface area contributed by atoms with Crippen LogP contribution in [0.25, 0.3) is 16.0 Å². The first-order valence-electron chi connectivity index (χ1n) is 11.6. The maximum Gasteiger partial charge on any atom is 0.301 e. The fraction of sp³-hybridized carbons (Fsp3) is 0.179. The van der Waals surface area contributed by atoms with E-state index in [0.717, 1.165) is 16.7 Å². The average Bonchev–Trinajstić information content (AvgIpc) is 3.42. The summed E-state index contributed by atoms with van der Waals surface area (Å²) in [6, 6.07) is 17.1. The van der Waals surface area contributed by atoms with E-state index < -0.39 is 23.5 Å². The SMILES string of the molecule is CCOc1ccc(/C(O)=C2\C(=O)C(=O)N(c3nc4ccc(CC)cc4s3)[C@H]2c2ccccc2F)cc1. The smallest absolute Gasteiger partial charge is 0.301 e. The number of aliphatic hydroxyl groups is 1. The number of nitrogens with zero attached hydrogens (tertiary/aromatic N) is 2. The maximum atomic E-state index is 15.1. The number of ketones is 1. The molecule has 0 unspecified atom stereocenters. The molecule has 8 heteroatoms. The van der Waals surface area contributed by atoms with Gasteiger partial charge in [-0.25, -0.2) is 9.37 Å². The van der Waals surface area contributed by atoms with Gasteiger partial charge in [-0.2, -0.15) is 0 Å². The van der Waals surface area contributed by atoms with Gasteiger partial charge in [0.15, 0.2) is 5.13 Å². The number of benzene rings is 3. The van der Waals surface area contributed by atoms with Crippen LogP contribution in [0.5, 0.6) is 5.75 Å². The van der Waals surface area contributed by atoms with E-state index in [0.29, 0.717) is 23.4 Å². The minimum absolute atomic E-state index is 0.0951. The third kappa shape index (κ3) is 4.03. The molecule has 3 aromatic carbocycles. The fourth-order valence-electron chi connectivity index (χ4n) is 4.33. The van der Waals surface area contributed by atoms with Crippen molar-refractivity contribution in [2.24, 2.45) is 0 Å². The molecule has 182 valence electrons. The molecule has 2 heterocycles. The van der Waals surface area contributed by atoms with Gasteiger partial charge in [-0.05, 0) is 61.4 Å².